The first-order valence-electron chi connectivity index (χ1n) is 5.16. The zero-order valence-corrected chi connectivity index (χ0v) is 8.65. The second-order valence-electron chi connectivity index (χ2n) is 3.73. The molecular weight excluding hydrogens is 216 g/mol. The summed E-state index contributed by atoms with van der Waals surface area (Å²) in [4.78, 5) is 4.43. The quantitative estimate of drug-likeness (QED) is 0.418. The predicted octanol–water partition coefficient (Wildman–Crippen LogP) is 1.22. The number of aromatic nitrogens is 6. The fourth-order valence-corrected chi connectivity index (χ4v) is 1.95. The van der Waals surface area contributed by atoms with Crippen molar-refractivity contribution < 1.29 is 0 Å². The van der Waals surface area contributed by atoms with E-state index in [0.717, 1.165) is 21.8 Å². The molecule has 80 valence electrons. The maximum Gasteiger partial charge on any atom is 0.291 e. The lowest BCUT2D eigenvalue weighted by Gasteiger charge is -2.01. The third-order valence-corrected chi connectivity index (χ3v) is 2.73. The molecule has 0 saturated heterocycles. The Morgan fingerprint density at radius 2 is 1.94 bits per heavy atom. The summed E-state index contributed by atoms with van der Waals surface area (Å²) >= 11 is 0. The van der Waals surface area contributed by atoms with Crippen LogP contribution in [0.3, 0.4) is 0 Å². The average Bonchev–Trinajstić information content (AvgIpc) is 2.83. The molecule has 0 aliphatic heterocycles. The van der Waals surface area contributed by atoms with Crippen LogP contribution in [0.25, 0.3) is 27.6 Å². The van der Waals surface area contributed by atoms with Gasteiger partial charge in [-0.25, -0.2) is 4.98 Å². The molecule has 0 aliphatic rings. The molecule has 0 amide bonds. The summed E-state index contributed by atoms with van der Waals surface area (Å²) in [5, 5.41) is 17.6. The number of nitrogens with zero attached hydrogens (tertiary/aromatic N) is 6. The van der Waals surface area contributed by atoms with Crippen LogP contribution in [0.4, 0.5) is 0 Å². The molecule has 2 heterocycles. The van der Waals surface area contributed by atoms with Crippen LogP contribution in [0, 0.1) is 0 Å². The number of rotatable bonds is 0. The summed E-state index contributed by atoms with van der Waals surface area (Å²) in [6.45, 7) is 0. The topological polar surface area (TPSA) is 68.9 Å². The van der Waals surface area contributed by atoms with E-state index in [9.17, 15) is 0 Å². The minimum atomic E-state index is 0.411. The van der Waals surface area contributed by atoms with Gasteiger partial charge >= 0.3 is 0 Å². The molecule has 0 bridgehead atoms. The van der Waals surface area contributed by atoms with E-state index in [0.29, 0.717) is 5.78 Å². The molecule has 4 rings (SSSR count). The normalized spacial score (nSPS) is 11.5. The highest BCUT2D eigenvalue weighted by atomic mass is 15.6. The number of hydrogen-bond donors (Lipinski definition) is 0. The molecule has 0 fully saturated rings. The molecule has 0 atom stereocenters. The fourth-order valence-electron chi connectivity index (χ4n) is 1.95. The predicted molar refractivity (Wildman–Crippen MR) is 61.4 cm³/mol. The second kappa shape index (κ2) is 2.94. The van der Waals surface area contributed by atoms with Crippen LogP contribution in [-0.4, -0.2) is 30.2 Å². The molecule has 17 heavy (non-hydrogen) atoms. The second-order valence-corrected chi connectivity index (χ2v) is 3.73. The van der Waals surface area contributed by atoms with Crippen molar-refractivity contribution >= 4 is 27.6 Å². The number of fused-ring (bicyclic) bond motifs is 4. The number of benzene rings is 2. The Bertz CT molecular complexity index is 850. The first kappa shape index (κ1) is 8.51. The summed E-state index contributed by atoms with van der Waals surface area (Å²) in [5.41, 5.74) is 1.61. The van der Waals surface area contributed by atoms with Gasteiger partial charge in [0.1, 0.15) is 11.0 Å². The van der Waals surface area contributed by atoms with E-state index in [1.807, 2.05) is 36.4 Å². The van der Waals surface area contributed by atoms with E-state index < -0.39 is 0 Å². The average molecular weight is 222 g/mol. The van der Waals surface area contributed by atoms with E-state index in [1.165, 1.54) is 4.63 Å². The zero-order chi connectivity index (χ0) is 11.2. The van der Waals surface area contributed by atoms with Crippen LogP contribution in [-0.2, 0) is 0 Å². The van der Waals surface area contributed by atoms with Crippen LogP contribution >= 0.6 is 0 Å². The summed E-state index contributed by atoms with van der Waals surface area (Å²) in [7, 11) is 0. The Morgan fingerprint density at radius 1 is 1.00 bits per heavy atom. The molecule has 4 aromatic rings. The number of tetrazole rings is 1. The van der Waals surface area contributed by atoms with Gasteiger partial charge in [-0.05, 0) is 21.9 Å². The standard InChI is InChI=1S/C11H6N6/c1-2-4-8-7(3-1)5-6-9-10(8)12-11-13-15-16-17(11)14-9/h1-6H. The Labute approximate surface area is 94.9 Å². The molecule has 2 aromatic carbocycles. The molecule has 0 aliphatic carbocycles. The first-order valence-corrected chi connectivity index (χ1v) is 5.16. The van der Waals surface area contributed by atoms with E-state index in [1.54, 1.807) is 0 Å². The lowest BCUT2D eigenvalue weighted by molar-refractivity contribution is 0.740. The third-order valence-electron chi connectivity index (χ3n) is 2.73. The number of hydrogen-bond acceptors (Lipinski definition) is 5. The SMILES string of the molecule is c1ccc2c(c1)ccc1nn3nnnc3nc12. The van der Waals surface area contributed by atoms with Gasteiger partial charge in [0.2, 0.25) is 0 Å². The lowest BCUT2D eigenvalue weighted by atomic mass is 10.1. The highest BCUT2D eigenvalue weighted by Crippen LogP contribution is 2.21. The molecule has 6 heteroatoms. The summed E-state index contributed by atoms with van der Waals surface area (Å²) in [6.07, 6.45) is 0. The molecule has 0 saturated carbocycles. The van der Waals surface area contributed by atoms with Gasteiger partial charge < -0.3 is 0 Å². The molecule has 6 nitrogen and oxygen atoms in total. The maximum atomic E-state index is 4.43. The summed E-state index contributed by atoms with van der Waals surface area (Å²) < 4.78 is 1.33. The van der Waals surface area contributed by atoms with Crippen molar-refractivity contribution in [3.63, 3.8) is 0 Å². The molecule has 0 N–H and O–H groups in total. The summed E-state index contributed by atoms with van der Waals surface area (Å²) in [5.74, 6) is 0.411. The van der Waals surface area contributed by atoms with Crippen molar-refractivity contribution in [1.82, 2.24) is 30.2 Å². The van der Waals surface area contributed by atoms with Gasteiger partial charge in [0, 0.05) is 5.39 Å². The van der Waals surface area contributed by atoms with Crippen molar-refractivity contribution in [1.29, 1.82) is 0 Å². The van der Waals surface area contributed by atoms with Crippen molar-refractivity contribution in [2.75, 3.05) is 0 Å². The smallest absolute Gasteiger partial charge is 0.206 e. The first-order chi connectivity index (χ1) is 8.42. The molecule has 0 radical (unpaired) electrons. The third kappa shape index (κ3) is 1.12. The minimum absolute atomic E-state index is 0.411. The van der Waals surface area contributed by atoms with Gasteiger partial charge in [0.15, 0.2) is 0 Å². The van der Waals surface area contributed by atoms with Crippen LogP contribution in [0.1, 0.15) is 0 Å². The Hall–Kier alpha value is -2.63. The van der Waals surface area contributed by atoms with Crippen molar-refractivity contribution in [3.05, 3.63) is 36.4 Å². The lowest BCUT2D eigenvalue weighted by Crippen LogP contribution is -1.98. The molecule has 2 aromatic heterocycles. The van der Waals surface area contributed by atoms with Gasteiger partial charge in [-0.2, -0.15) is 0 Å². The van der Waals surface area contributed by atoms with E-state index in [4.69, 9.17) is 0 Å². The van der Waals surface area contributed by atoms with Gasteiger partial charge in [-0.15, -0.1) is 5.10 Å². The van der Waals surface area contributed by atoms with Crippen molar-refractivity contribution in [3.8, 4) is 0 Å². The molecule has 0 unspecified atom stereocenters. The largest absolute Gasteiger partial charge is 0.291 e. The van der Waals surface area contributed by atoms with Gasteiger partial charge in [0.05, 0.1) is 0 Å². The Balaban J connectivity index is 2.30. The van der Waals surface area contributed by atoms with Crippen LogP contribution in [0.2, 0.25) is 0 Å². The van der Waals surface area contributed by atoms with E-state index >= 15 is 0 Å². The highest BCUT2D eigenvalue weighted by Gasteiger charge is 2.06. The van der Waals surface area contributed by atoms with Gasteiger partial charge in [-0.1, -0.05) is 40.1 Å². The zero-order valence-electron chi connectivity index (χ0n) is 8.65. The maximum absolute atomic E-state index is 4.43. The van der Waals surface area contributed by atoms with Crippen LogP contribution < -0.4 is 0 Å². The minimum Gasteiger partial charge on any atom is -0.206 e. The van der Waals surface area contributed by atoms with E-state index in [-0.39, 0.29) is 0 Å². The Kier molecular flexibility index (Phi) is 1.47. The molecule has 0 spiro atoms. The van der Waals surface area contributed by atoms with Gasteiger partial charge in [0.25, 0.3) is 5.78 Å². The summed E-state index contributed by atoms with van der Waals surface area (Å²) in [6, 6.07) is 12.0. The van der Waals surface area contributed by atoms with E-state index in [2.05, 4.69) is 25.6 Å². The van der Waals surface area contributed by atoms with Gasteiger partial charge in [-0.3, -0.25) is 0 Å². The highest BCUT2D eigenvalue weighted by molar-refractivity contribution is 6.03. The van der Waals surface area contributed by atoms with Crippen LogP contribution in [0.15, 0.2) is 36.4 Å². The molecular formula is C11H6N6. The fraction of sp³-hybridized carbons (Fsp3) is 0. The van der Waals surface area contributed by atoms with Crippen LogP contribution in [0.5, 0.6) is 0 Å². The Morgan fingerprint density at radius 3 is 2.94 bits per heavy atom. The van der Waals surface area contributed by atoms with Crippen molar-refractivity contribution in [2.45, 2.75) is 0 Å². The van der Waals surface area contributed by atoms with Crippen molar-refractivity contribution in [2.24, 2.45) is 0 Å². The monoisotopic (exact) mass is 222 g/mol.